The second-order valence-corrected chi connectivity index (χ2v) is 4.87. The van der Waals surface area contributed by atoms with Gasteiger partial charge in [0.2, 0.25) is 0 Å². The van der Waals surface area contributed by atoms with Crippen molar-refractivity contribution in [1.29, 1.82) is 0 Å². The number of hydrazine groups is 1. The van der Waals surface area contributed by atoms with Crippen molar-refractivity contribution in [2.24, 2.45) is 5.84 Å². The Morgan fingerprint density at radius 1 is 1.39 bits per heavy atom. The highest BCUT2D eigenvalue weighted by molar-refractivity contribution is 5.43. The molecule has 0 aromatic heterocycles. The Morgan fingerprint density at radius 2 is 2.17 bits per heavy atom. The van der Waals surface area contributed by atoms with Crippen LogP contribution in [0.2, 0.25) is 0 Å². The van der Waals surface area contributed by atoms with E-state index in [-0.39, 0.29) is 12.1 Å². The van der Waals surface area contributed by atoms with Gasteiger partial charge in [0.25, 0.3) is 0 Å². The van der Waals surface area contributed by atoms with Gasteiger partial charge in [-0.3, -0.25) is 11.3 Å². The van der Waals surface area contributed by atoms with E-state index >= 15 is 0 Å². The maximum absolute atomic E-state index is 5.74. The first-order chi connectivity index (χ1) is 8.67. The fourth-order valence-corrected chi connectivity index (χ4v) is 2.63. The van der Waals surface area contributed by atoms with Crippen molar-refractivity contribution in [3.63, 3.8) is 0 Å². The molecule has 1 aliphatic heterocycles. The van der Waals surface area contributed by atoms with Crippen LogP contribution in [0.3, 0.4) is 0 Å². The topological polar surface area (TPSA) is 56.5 Å². The van der Waals surface area contributed by atoms with E-state index in [4.69, 9.17) is 15.3 Å². The first-order valence-corrected chi connectivity index (χ1v) is 6.40. The van der Waals surface area contributed by atoms with Crippen molar-refractivity contribution in [3.8, 4) is 5.75 Å². The quantitative estimate of drug-likeness (QED) is 0.634. The molecule has 0 saturated carbocycles. The van der Waals surface area contributed by atoms with Crippen molar-refractivity contribution in [2.75, 3.05) is 13.7 Å². The zero-order chi connectivity index (χ0) is 13.1. The van der Waals surface area contributed by atoms with E-state index in [2.05, 4.69) is 24.5 Å². The molecule has 0 aliphatic carbocycles. The number of hydrogen-bond acceptors (Lipinski definition) is 4. The van der Waals surface area contributed by atoms with Crippen LogP contribution in [-0.4, -0.2) is 19.8 Å². The van der Waals surface area contributed by atoms with Crippen LogP contribution in [-0.2, 0) is 4.74 Å². The van der Waals surface area contributed by atoms with Gasteiger partial charge in [-0.25, -0.2) is 0 Å². The van der Waals surface area contributed by atoms with Gasteiger partial charge in [0.1, 0.15) is 5.75 Å². The van der Waals surface area contributed by atoms with Crippen LogP contribution in [0, 0.1) is 13.8 Å². The van der Waals surface area contributed by atoms with Crippen molar-refractivity contribution in [2.45, 2.75) is 38.8 Å². The molecule has 2 atom stereocenters. The van der Waals surface area contributed by atoms with Gasteiger partial charge in [-0.05, 0) is 49.4 Å². The van der Waals surface area contributed by atoms with Gasteiger partial charge >= 0.3 is 0 Å². The minimum absolute atomic E-state index is 0.0529. The number of nitrogens with two attached hydrogens (primary N) is 1. The number of hydrogen-bond donors (Lipinski definition) is 2. The summed E-state index contributed by atoms with van der Waals surface area (Å²) in [6.07, 6.45) is 2.33. The Labute approximate surface area is 108 Å². The molecule has 1 aromatic carbocycles. The monoisotopic (exact) mass is 250 g/mol. The summed E-state index contributed by atoms with van der Waals surface area (Å²) in [4.78, 5) is 0. The minimum atomic E-state index is 0.0529. The van der Waals surface area contributed by atoms with Crippen molar-refractivity contribution < 1.29 is 9.47 Å². The van der Waals surface area contributed by atoms with Crippen LogP contribution >= 0.6 is 0 Å². The predicted octanol–water partition coefficient (Wildman–Crippen LogP) is 2.00. The highest BCUT2D eigenvalue weighted by Gasteiger charge is 2.27. The molecule has 2 rings (SSSR count). The Balaban J connectivity index is 2.32. The number of nitrogens with one attached hydrogen (secondary N) is 1. The van der Waals surface area contributed by atoms with E-state index in [1.807, 2.05) is 6.92 Å². The number of methoxy groups -OCH3 is 1. The predicted molar refractivity (Wildman–Crippen MR) is 71.5 cm³/mol. The number of benzene rings is 1. The first-order valence-electron chi connectivity index (χ1n) is 6.40. The fourth-order valence-electron chi connectivity index (χ4n) is 2.63. The lowest BCUT2D eigenvalue weighted by Crippen LogP contribution is -2.36. The molecule has 1 aromatic rings. The van der Waals surface area contributed by atoms with Gasteiger partial charge in [0.05, 0.1) is 19.3 Å². The highest BCUT2D eigenvalue weighted by Crippen LogP contribution is 2.31. The van der Waals surface area contributed by atoms with E-state index in [1.54, 1.807) is 7.11 Å². The minimum Gasteiger partial charge on any atom is -0.496 e. The maximum Gasteiger partial charge on any atom is 0.122 e. The van der Waals surface area contributed by atoms with Gasteiger partial charge in [-0.15, -0.1) is 0 Å². The SMILES string of the molecule is COc1cc(C)c(C(NN)C2CCCO2)cc1C. The third kappa shape index (κ3) is 2.51. The normalized spacial score (nSPS) is 21.0. The van der Waals surface area contributed by atoms with Crippen LogP contribution in [0.4, 0.5) is 0 Å². The van der Waals surface area contributed by atoms with Gasteiger partial charge in [-0.1, -0.05) is 6.07 Å². The van der Waals surface area contributed by atoms with E-state index in [0.29, 0.717) is 0 Å². The summed E-state index contributed by atoms with van der Waals surface area (Å²) in [6, 6.07) is 4.25. The lowest BCUT2D eigenvalue weighted by atomic mass is 9.94. The summed E-state index contributed by atoms with van der Waals surface area (Å²) in [5, 5.41) is 0. The Kier molecular flexibility index (Phi) is 4.22. The van der Waals surface area contributed by atoms with Crippen LogP contribution < -0.4 is 16.0 Å². The molecule has 0 amide bonds. The lowest BCUT2D eigenvalue weighted by Gasteiger charge is -2.25. The summed E-state index contributed by atoms with van der Waals surface area (Å²) in [5.41, 5.74) is 6.40. The molecule has 3 N–H and O–H groups in total. The molecule has 100 valence electrons. The van der Waals surface area contributed by atoms with Crippen molar-refractivity contribution in [3.05, 3.63) is 28.8 Å². The Morgan fingerprint density at radius 3 is 2.72 bits per heavy atom. The van der Waals surface area contributed by atoms with Gasteiger partial charge in [-0.2, -0.15) is 0 Å². The standard InChI is InChI=1S/C14H22N2O2/c1-9-8-13(17-3)10(2)7-11(9)14(16-15)12-5-4-6-18-12/h7-8,12,14,16H,4-6,15H2,1-3H3. The smallest absolute Gasteiger partial charge is 0.122 e. The van der Waals surface area contributed by atoms with Crippen LogP contribution in [0.15, 0.2) is 12.1 Å². The molecule has 0 bridgehead atoms. The van der Waals surface area contributed by atoms with Crippen molar-refractivity contribution >= 4 is 0 Å². The van der Waals surface area contributed by atoms with Gasteiger partial charge in [0, 0.05) is 6.61 Å². The zero-order valence-electron chi connectivity index (χ0n) is 11.3. The second-order valence-electron chi connectivity index (χ2n) is 4.87. The van der Waals surface area contributed by atoms with Gasteiger partial charge in [0.15, 0.2) is 0 Å². The third-order valence-corrected chi connectivity index (χ3v) is 3.63. The molecular formula is C14H22N2O2. The van der Waals surface area contributed by atoms with E-state index in [9.17, 15) is 0 Å². The van der Waals surface area contributed by atoms with E-state index < -0.39 is 0 Å². The number of ether oxygens (including phenoxy) is 2. The average Bonchev–Trinajstić information content (AvgIpc) is 2.87. The lowest BCUT2D eigenvalue weighted by molar-refractivity contribution is 0.0781. The van der Waals surface area contributed by atoms with Gasteiger partial charge < -0.3 is 9.47 Å². The molecule has 0 spiro atoms. The molecule has 1 heterocycles. The first kappa shape index (κ1) is 13.3. The Hall–Kier alpha value is -1.10. The molecule has 4 nitrogen and oxygen atoms in total. The Bertz CT molecular complexity index is 415. The summed E-state index contributed by atoms with van der Waals surface area (Å²) < 4.78 is 11.1. The largest absolute Gasteiger partial charge is 0.496 e. The van der Waals surface area contributed by atoms with Crippen LogP contribution in [0.25, 0.3) is 0 Å². The van der Waals surface area contributed by atoms with Crippen molar-refractivity contribution in [1.82, 2.24) is 5.43 Å². The van der Waals surface area contributed by atoms with Crippen LogP contribution in [0.1, 0.15) is 35.6 Å². The molecule has 1 saturated heterocycles. The summed E-state index contributed by atoms with van der Waals surface area (Å²) in [6.45, 7) is 4.96. The maximum atomic E-state index is 5.74. The van der Waals surface area contributed by atoms with E-state index in [1.165, 1.54) is 11.1 Å². The van der Waals surface area contributed by atoms with E-state index in [0.717, 1.165) is 30.8 Å². The molecular weight excluding hydrogens is 228 g/mol. The molecule has 0 radical (unpaired) electrons. The molecule has 2 unspecified atom stereocenters. The summed E-state index contributed by atoms with van der Waals surface area (Å²) in [7, 11) is 1.69. The molecule has 1 aliphatic rings. The number of aryl methyl sites for hydroxylation is 2. The summed E-state index contributed by atoms with van der Waals surface area (Å²) in [5.74, 6) is 6.63. The second kappa shape index (κ2) is 5.69. The number of rotatable bonds is 4. The highest BCUT2D eigenvalue weighted by atomic mass is 16.5. The zero-order valence-corrected chi connectivity index (χ0v) is 11.3. The van der Waals surface area contributed by atoms with Crippen LogP contribution in [0.5, 0.6) is 5.75 Å². The fraction of sp³-hybridized carbons (Fsp3) is 0.571. The molecule has 4 heteroatoms. The molecule has 18 heavy (non-hydrogen) atoms. The summed E-state index contributed by atoms with van der Waals surface area (Å²) >= 11 is 0. The average molecular weight is 250 g/mol. The molecule has 1 fully saturated rings. The third-order valence-electron chi connectivity index (χ3n) is 3.63.